The quantitative estimate of drug-likeness (QED) is 0.204. The van der Waals surface area contributed by atoms with Crippen molar-refractivity contribution in [1.29, 1.82) is 0 Å². The summed E-state index contributed by atoms with van der Waals surface area (Å²) in [6.45, 7) is 1.40. The maximum Gasteiger partial charge on any atom is 0.436 e. The lowest BCUT2D eigenvalue weighted by atomic mass is 10.0. The normalized spacial score (nSPS) is 14.0. The predicted molar refractivity (Wildman–Crippen MR) is 138 cm³/mol. The SMILES string of the molecule is COC(=O)c1ccc(C(C)NC(=O)c2c(C(F)(F)F)nn3c2N(Cc2cc(CCC=O)cc(C(F)(F)F)c2)CC3)cc1. The van der Waals surface area contributed by atoms with Gasteiger partial charge in [-0.2, -0.15) is 31.4 Å². The third-order valence-corrected chi connectivity index (χ3v) is 6.79. The van der Waals surface area contributed by atoms with Crippen LogP contribution in [0.1, 0.15) is 68.1 Å². The van der Waals surface area contributed by atoms with Crippen LogP contribution in [0.15, 0.2) is 42.5 Å². The number of carbonyl (C=O) groups is 3. The molecular weight excluding hydrogens is 570 g/mol. The number of methoxy groups -OCH3 is 1. The lowest BCUT2D eigenvalue weighted by Crippen LogP contribution is -2.31. The Morgan fingerprint density at radius 1 is 1.02 bits per heavy atom. The Hall–Kier alpha value is -4.36. The molecule has 0 radical (unpaired) electrons. The number of fused-ring (bicyclic) bond motifs is 1. The van der Waals surface area contributed by atoms with E-state index >= 15 is 0 Å². The standard InChI is InChI=1S/C28H26F6N4O4/c1-16(19-5-7-20(8-6-19)26(41)42-2)35-24(40)22-23(28(32,33)34)36-38-10-9-37(25(22)38)15-18-12-17(4-3-11-39)13-21(14-18)27(29,30)31/h5-8,11-14,16H,3-4,9-10,15H2,1-2H3,(H,35,40). The number of hydrogen-bond donors (Lipinski definition) is 1. The molecule has 0 saturated carbocycles. The van der Waals surface area contributed by atoms with E-state index in [2.05, 4.69) is 15.2 Å². The van der Waals surface area contributed by atoms with Gasteiger partial charge in [0.2, 0.25) is 0 Å². The van der Waals surface area contributed by atoms with E-state index in [1.165, 1.54) is 42.3 Å². The Balaban J connectivity index is 1.66. The molecule has 1 amide bonds. The summed E-state index contributed by atoms with van der Waals surface area (Å²) >= 11 is 0. The first-order valence-corrected chi connectivity index (χ1v) is 12.8. The fraction of sp³-hybridized carbons (Fsp3) is 0.357. The van der Waals surface area contributed by atoms with Crippen LogP contribution in [0.5, 0.6) is 0 Å². The van der Waals surface area contributed by atoms with Crippen molar-refractivity contribution in [1.82, 2.24) is 15.1 Å². The number of carbonyl (C=O) groups excluding carboxylic acids is 3. The molecule has 2 heterocycles. The van der Waals surface area contributed by atoms with Gasteiger partial charge < -0.3 is 19.7 Å². The van der Waals surface area contributed by atoms with Crippen LogP contribution in [0.2, 0.25) is 0 Å². The van der Waals surface area contributed by atoms with Crippen LogP contribution in [0.25, 0.3) is 0 Å². The number of esters is 1. The van der Waals surface area contributed by atoms with Crippen LogP contribution in [0, 0.1) is 0 Å². The highest BCUT2D eigenvalue weighted by atomic mass is 19.4. The topological polar surface area (TPSA) is 93.5 Å². The molecule has 0 aliphatic carbocycles. The molecule has 224 valence electrons. The Bertz CT molecular complexity index is 1480. The number of aromatic nitrogens is 2. The Morgan fingerprint density at radius 2 is 1.69 bits per heavy atom. The molecule has 1 unspecified atom stereocenters. The van der Waals surface area contributed by atoms with E-state index in [0.29, 0.717) is 11.8 Å². The summed E-state index contributed by atoms with van der Waals surface area (Å²) in [5, 5.41) is 6.16. The third kappa shape index (κ3) is 6.58. The van der Waals surface area contributed by atoms with Crippen molar-refractivity contribution in [2.24, 2.45) is 0 Å². The minimum absolute atomic E-state index is 0.0000970. The van der Waals surface area contributed by atoms with Crippen molar-refractivity contribution in [2.45, 2.75) is 51.2 Å². The lowest BCUT2D eigenvalue weighted by Gasteiger charge is -2.22. The minimum atomic E-state index is -4.99. The van der Waals surface area contributed by atoms with Crippen molar-refractivity contribution >= 4 is 24.0 Å². The molecule has 1 aliphatic heterocycles. The average molecular weight is 597 g/mol. The summed E-state index contributed by atoms with van der Waals surface area (Å²) in [4.78, 5) is 37.2. The van der Waals surface area contributed by atoms with Crippen molar-refractivity contribution in [2.75, 3.05) is 18.6 Å². The molecule has 0 fully saturated rings. The fourth-order valence-electron chi connectivity index (χ4n) is 4.80. The second-order valence-corrected chi connectivity index (χ2v) is 9.74. The number of alkyl halides is 6. The number of aryl methyl sites for hydroxylation is 1. The number of halogens is 6. The zero-order chi connectivity index (χ0) is 30.8. The van der Waals surface area contributed by atoms with Gasteiger partial charge in [0.25, 0.3) is 5.91 Å². The number of benzene rings is 2. The minimum Gasteiger partial charge on any atom is -0.465 e. The van der Waals surface area contributed by atoms with Crippen LogP contribution < -0.4 is 10.2 Å². The van der Waals surface area contributed by atoms with E-state index in [1.807, 2.05) is 0 Å². The summed E-state index contributed by atoms with van der Waals surface area (Å²) in [7, 11) is 1.21. The number of nitrogens with zero attached hydrogens (tertiary/aromatic N) is 3. The van der Waals surface area contributed by atoms with Crippen LogP contribution in [0.4, 0.5) is 32.2 Å². The molecule has 0 spiro atoms. The Labute approximate surface area is 236 Å². The van der Waals surface area contributed by atoms with Crippen molar-refractivity contribution in [3.05, 3.63) is 81.5 Å². The van der Waals surface area contributed by atoms with E-state index in [-0.39, 0.29) is 55.0 Å². The number of ether oxygens (including phenoxy) is 1. The second-order valence-electron chi connectivity index (χ2n) is 9.74. The largest absolute Gasteiger partial charge is 0.465 e. The number of aldehydes is 1. The molecule has 0 saturated heterocycles. The number of amides is 1. The zero-order valence-electron chi connectivity index (χ0n) is 22.5. The number of rotatable bonds is 9. The van der Waals surface area contributed by atoms with E-state index in [9.17, 15) is 40.7 Å². The van der Waals surface area contributed by atoms with Gasteiger partial charge in [-0.1, -0.05) is 18.2 Å². The highest BCUT2D eigenvalue weighted by Crippen LogP contribution is 2.39. The van der Waals surface area contributed by atoms with Gasteiger partial charge >= 0.3 is 18.3 Å². The molecule has 14 heteroatoms. The first-order valence-electron chi connectivity index (χ1n) is 12.8. The van der Waals surface area contributed by atoms with Crippen molar-refractivity contribution in [3.8, 4) is 0 Å². The predicted octanol–water partition coefficient (Wildman–Crippen LogP) is 5.35. The summed E-state index contributed by atoms with van der Waals surface area (Å²) in [5.74, 6) is -1.82. The van der Waals surface area contributed by atoms with Crippen LogP contribution in [-0.2, 0) is 41.4 Å². The summed E-state index contributed by atoms with van der Waals surface area (Å²) in [6, 6.07) is 8.45. The fourth-order valence-corrected chi connectivity index (χ4v) is 4.80. The molecule has 4 rings (SSSR count). The Kier molecular flexibility index (Phi) is 8.64. The molecule has 1 aromatic heterocycles. The lowest BCUT2D eigenvalue weighted by molar-refractivity contribution is -0.142. The van der Waals surface area contributed by atoms with Crippen LogP contribution in [-0.4, -0.2) is 41.6 Å². The van der Waals surface area contributed by atoms with E-state index in [1.54, 1.807) is 6.92 Å². The zero-order valence-corrected chi connectivity index (χ0v) is 22.5. The van der Waals surface area contributed by atoms with Gasteiger partial charge in [0, 0.05) is 19.5 Å². The third-order valence-electron chi connectivity index (χ3n) is 6.79. The number of hydrogen-bond acceptors (Lipinski definition) is 6. The molecule has 3 aromatic rings. The van der Waals surface area contributed by atoms with Gasteiger partial charge in [0.15, 0.2) is 5.69 Å². The van der Waals surface area contributed by atoms with Gasteiger partial charge in [0.05, 0.1) is 30.8 Å². The average Bonchev–Trinajstić information content (AvgIpc) is 3.51. The maximum atomic E-state index is 14.0. The van der Waals surface area contributed by atoms with Gasteiger partial charge in [-0.15, -0.1) is 0 Å². The molecule has 0 bridgehead atoms. The van der Waals surface area contributed by atoms with Crippen molar-refractivity contribution in [3.63, 3.8) is 0 Å². The van der Waals surface area contributed by atoms with Gasteiger partial charge in [-0.3, -0.25) is 4.79 Å². The first kappa shape index (κ1) is 30.6. The van der Waals surface area contributed by atoms with E-state index in [0.717, 1.165) is 16.8 Å². The summed E-state index contributed by atoms with van der Waals surface area (Å²) in [5.41, 5.74) is -1.96. The molecule has 1 atom stereocenters. The first-order chi connectivity index (χ1) is 19.7. The Morgan fingerprint density at radius 3 is 2.29 bits per heavy atom. The second kappa shape index (κ2) is 11.9. The summed E-state index contributed by atoms with van der Waals surface area (Å²) < 4.78 is 88.4. The van der Waals surface area contributed by atoms with Gasteiger partial charge in [-0.25, -0.2) is 9.48 Å². The number of nitrogens with one attached hydrogen (secondary N) is 1. The molecule has 42 heavy (non-hydrogen) atoms. The molecular formula is C28H26F6N4O4. The van der Waals surface area contributed by atoms with Crippen LogP contribution in [0.3, 0.4) is 0 Å². The van der Waals surface area contributed by atoms with Gasteiger partial charge in [-0.05, 0) is 54.3 Å². The smallest absolute Gasteiger partial charge is 0.436 e. The van der Waals surface area contributed by atoms with E-state index in [4.69, 9.17) is 0 Å². The van der Waals surface area contributed by atoms with Crippen molar-refractivity contribution < 1.29 is 45.5 Å². The van der Waals surface area contributed by atoms with Gasteiger partial charge in [0.1, 0.15) is 17.7 Å². The summed E-state index contributed by atoms with van der Waals surface area (Å²) in [6.07, 6.45) is -9.03. The van der Waals surface area contributed by atoms with E-state index < -0.39 is 47.1 Å². The highest BCUT2D eigenvalue weighted by molar-refractivity contribution is 6.01. The maximum absolute atomic E-state index is 14.0. The molecule has 1 N–H and O–H groups in total. The molecule has 8 nitrogen and oxygen atoms in total. The molecule has 1 aliphatic rings. The number of anilines is 1. The van der Waals surface area contributed by atoms with Crippen LogP contribution >= 0.6 is 0 Å². The highest BCUT2D eigenvalue weighted by Gasteiger charge is 2.44. The molecule has 2 aromatic carbocycles. The monoisotopic (exact) mass is 596 g/mol.